The Bertz CT molecular complexity index is 168. The molecular formula is C10H21NOPm. The summed E-state index contributed by atoms with van der Waals surface area (Å²) in [6, 6.07) is 0. The molecule has 0 aromatic carbocycles. The maximum atomic E-state index is 10.2. The first-order valence-corrected chi connectivity index (χ1v) is 4.65. The smallest absolute Gasteiger partial charge is 0.104 e. The van der Waals surface area contributed by atoms with Gasteiger partial charge in [0.2, 0.25) is 0 Å². The summed E-state index contributed by atoms with van der Waals surface area (Å²) in [6.45, 7) is 8.04. The van der Waals surface area contributed by atoms with Gasteiger partial charge in [0.1, 0.15) is 5.60 Å². The van der Waals surface area contributed by atoms with Crippen molar-refractivity contribution in [2.75, 3.05) is 7.05 Å². The van der Waals surface area contributed by atoms with Gasteiger partial charge in [-0.15, -0.1) is 0 Å². The number of hydrogen-bond donors (Lipinski definition) is 1. The van der Waals surface area contributed by atoms with E-state index in [4.69, 9.17) is 0 Å². The van der Waals surface area contributed by atoms with E-state index in [2.05, 4.69) is 11.9 Å². The first-order chi connectivity index (χ1) is 5.49. The average molecular weight is 316 g/mol. The second-order valence-corrected chi connectivity index (χ2v) is 3.64. The Kier molecular flexibility index (Phi) is 9.19. The van der Waals surface area contributed by atoms with Gasteiger partial charge in [-0.3, -0.25) is 4.99 Å². The van der Waals surface area contributed by atoms with Crippen molar-refractivity contribution in [3.8, 4) is 0 Å². The Morgan fingerprint density at radius 3 is 2.15 bits per heavy atom. The van der Waals surface area contributed by atoms with Gasteiger partial charge >= 0.3 is 0 Å². The van der Waals surface area contributed by atoms with Gasteiger partial charge in [0, 0.05) is 53.1 Å². The molecule has 1 N–H and O–H groups in total. The van der Waals surface area contributed by atoms with Gasteiger partial charge in [0.15, 0.2) is 0 Å². The molecule has 3 heteroatoms. The van der Waals surface area contributed by atoms with Crippen molar-refractivity contribution in [3.05, 3.63) is 0 Å². The van der Waals surface area contributed by atoms with E-state index in [1.165, 1.54) is 0 Å². The second kappa shape index (κ2) is 7.28. The van der Waals surface area contributed by atoms with Crippen LogP contribution in [0.25, 0.3) is 0 Å². The van der Waals surface area contributed by atoms with Gasteiger partial charge in [0.05, 0.1) is 0 Å². The number of aliphatic hydroxyl groups is 1. The molecule has 0 rings (SSSR count). The standard InChI is InChI=1S/C10H21NO.Pm/c1-6-7-10(12,8(2)3)9(4)11-5;/h8,12H,6-7H2,1-5H3;. The molecule has 0 aliphatic rings. The van der Waals surface area contributed by atoms with E-state index in [1.807, 2.05) is 20.8 Å². The maximum Gasteiger partial charge on any atom is 0.104 e. The van der Waals surface area contributed by atoms with Crippen molar-refractivity contribution in [1.82, 2.24) is 0 Å². The van der Waals surface area contributed by atoms with E-state index in [0.29, 0.717) is 0 Å². The largest absolute Gasteiger partial charge is 0.384 e. The third kappa shape index (κ3) is 4.34. The summed E-state index contributed by atoms with van der Waals surface area (Å²) in [5, 5.41) is 10.2. The summed E-state index contributed by atoms with van der Waals surface area (Å²) in [6.07, 6.45) is 1.79. The van der Waals surface area contributed by atoms with E-state index in [0.717, 1.165) is 18.6 Å². The van der Waals surface area contributed by atoms with Gasteiger partial charge in [-0.1, -0.05) is 27.2 Å². The molecule has 0 aliphatic heterocycles. The van der Waals surface area contributed by atoms with Crippen LogP contribution in [0.2, 0.25) is 0 Å². The van der Waals surface area contributed by atoms with E-state index in [9.17, 15) is 5.11 Å². The molecule has 1 unspecified atom stereocenters. The van der Waals surface area contributed by atoms with E-state index in [1.54, 1.807) is 7.05 Å². The number of rotatable bonds is 4. The zero-order chi connectivity index (χ0) is 9.78. The molecule has 0 fully saturated rings. The zero-order valence-corrected chi connectivity index (χ0v) is 12.2. The van der Waals surface area contributed by atoms with E-state index >= 15 is 0 Å². The summed E-state index contributed by atoms with van der Waals surface area (Å²) < 4.78 is 0. The van der Waals surface area contributed by atoms with Gasteiger partial charge in [-0.25, -0.2) is 0 Å². The van der Waals surface area contributed by atoms with Gasteiger partial charge < -0.3 is 5.11 Å². The summed E-state index contributed by atoms with van der Waals surface area (Å²) in [7, 11) is 1.73. The third-order valence-electron chi connectivity index (χ3n) is 2.55. The molecule has 13 heavy (non-hydrogen) atoms. The van der Waals surface area contributed by atoms with Crippen molar-refractivity contribution < 1.29 is 45.5 Å². The van der Waals surface area contributed by atoms with Crippen molar-refractivity contribution in [1.29, 1.82) is 0 Å². The molecule has 77 valence electrons. The minimum absolute atomic E-state index is 0. The third-order valence-corrected chi connectivity index (χ3v) is 2.55. The van der Waals surface area contributed by atoms with Gasteiger partial charge in [-0.2, -0.15) is 0 Å². The molecule has 0 saturated carbocycles. The van der Waals surface area contributed by atoms with Gasteiger partial charge in [-0.05, 0) is 19.3 Å². The quantitative estimate of drug-likeness (QED) is 0.793. The fourth-order valence-electron chi connectivity index (χ4n) is 1.46. The van der Waals surface area contributed by atoms with E-state index in [-0.39, 0.29) is 46.3 Å². The summed E-state index contributed by atoms with van der Waals surface area (Å²) in [5.74, 6) is 0.237. The van der Waals surface area contributed by atoms with Crippen LogP contribution in [-0.4, -0.2) is 23.5 Å². The minimum Gasteiger partial charge on any atom is -0.384 e. The number of nitrogens with zero attached hydrogens (tertiary/aromatic N) is 1. The molecule has 0 aromatic heterocycles. The number of hydrogen-bond acceptors (Lipinski definition) is 2. The van der Waals surface area contributed by atoms with Crippen LogP contribution in [0, 0.1) is 46.3 Å². The first kappa shape index (κ1) is 16.4. The van der Waals surface area contributed by atoms with Crippen LogP contribution < -0.4 is 0 Å². The number of aliphatic imine (C=N–C) groups is 1. The molecule has 0 saturated heterocycles. The van der Waals surface area contributed by atoms with Crippen molar-refractivity contribution in [2.45, 2.75) is 46.1 Å². The molecule has 0 amide bonds. The Balaban J connectivity index is 0. The monoisotopic (exact) mass is 316 g/mol. The second-order valence-electron chi connectivity index (χ2n) is 3.64. The predicted octanol–water partition coefficient (Wildman–Crippen LogP) is 2.26. The van der Waals surface area contributed by atoms with E-state index < -0.39 is 5.60 Å². The Labute approximate surface area is 114 Å². The Hall–Kier alpha value is 0.968. The summed E-state index contributed by atoms with van der Waals surface area (Å²) in [4.78, 5) is 4.07. The molecule has 0 aliphatic carbocycles. The predicted molar refractivity (Wildman–Crippen MR) is 53.7 cm³/mol. The molecule has 0 aromatic rings. The van der Waals surface area contributed by atoms with Gasteiger partial charge in [0.25, 0.3) is 0 Å². The van der Waals surface area contributed by atoms with Crippen molar-refractivity contribution in [3.63, 3.8) is 0 Å². The molecule has 1 atom stereocenters. The summed E-state index contributed by atoms with van der Waals surface area (Å²) in [5.41, 5.74) is 0.156. The van der Waals surface area contributed by atoms with Crippen LogP contribution in [0.15, 0.2) is 4.99 Å². The zero-order valence-electron chi connectivity index (χ0n) is 9.33. The minimum atomic E-state index is -0.691. The molecular weight excluding hydrogens is 295 g/mol. The molecule has 0 heterocycles. The van der Waals surface area contributed by atoms with Crippen LogP contribution in [0.1, 0.15) is 40.5 Å². The van der Waals surface area contributed by atoms with Crippen LogP contribution in [0.5, 0.6) is 0 Å². The fraction of sp³-hybridized carbons (Fsp3) is 0.900. The first-order valence-electron chi connectivity index (χ1n) is 4.65. The van der Waals surface area contributed by atoms with Crippen LogP contribution >= 0.6 is 0 Å². The summed E-state index contributed by atoms with van der Waals surface area (Å²) >= 11 is 0. The Morgan fingerprint density at radius 2 is 1.92 bits per heavy atom. The van der Waals surface area contributed by atoms with Crippen LogP contribution in [-0.2, 0) is 0 Å². The van der Waals surface area contributed by atoms with Crippen molar-refractivity contribution >= 4 is 5.71 Å². The molecule has 1 radical (unpaired) electrons. The molecule has 2 nitrogen and oxygen atoms in total. The molecule has 0 spiro atoms. The van der Waals surface area contributed by atoms with Crippen LogP contribution in [0.4, 0.5) is 0 Å². The van der Waals surface area contributed by atoms with Crippen molar-refractivity contribution in [2.24, 2.45) is 10.9 Å². The van der Waals surface area contributed by atoms with Crippen LogP contribution in [0.3, 0.4) is 0 Å². The fourth-order valence-corrected chi connectivity index (χ4v) is 1.46. The SMILES string of the molecule is CCCC(O)(C(C)=NC)C(C)C.[Pm]. The Morgan fingerprint density at radius 1 is 1.46 bits per heavy atom. The normalized spacial score (nSPS) is 16.7. The maximum absolute atomic E-state index is 10.2. The average Bonchev–Trinajstić information content (AvgIpc) is 2.03. The topological polar surface area (TPSA) is 32.6 Å². The molecule has 0 bridgehead atoms.